The summed E-state index contributed by atoms with van der Waals surface area (Å²) in [6.45, 7) is 8.40. The molecule has 2 heterocycles. The number of aliphatic imine (C=N–C) groups is 1. The molecule has 134 valence electrons. The van der Waals surface area contributed by atoms with Crippen molar-refractivity contribution in [3.8, 4) is 0 Å². The molecule has 0 spiro atoms. The van der Waals surface area contributed by atoms with Crippen molar-refractivity contribution in [1.82, 2.24) is 20.5 Å². The van der Waals surface area contributed by atoms with E-state index in [0.717, 1.165) is 25.6 Å². The molecule has 0 radical (unpaired) electrons. The average Bonchev–Trinajstić information content (AvgIpc) is 2.58. The van der Waals surface area contributed by atoms with Crippen LogP contribution in [0.25, 0.3) is 0 Å². The molecule has 7 heteroatoms. The van der Waals surface area contributed by atoms with Crippen molar-refractivity contribution in [2.45, 2.75) is 26.7 Å². The number of likely N-dealkylation sites (tertiary alicyclic amines) is 1. The first-order valence-electron chi connectivity index (χ1n) is 8.42. The number of amides is 1. The fourth-order valence-corrected chi connectivity index (χ4v) is 2.74. The smallest absolute Gasteiger partial charge is 0.252 e. The van der Waals surface area contributed by atoms with Crippen LogP contribution in [0.3, 0.4) is 0 Å². The highest BCUT2D eigenvalue weighted by atomic mass is 127. The van der Waals surface area contributed by atoms with E-state index in [-0.39, 0.29) is 29.9 Å². The van der Waals surface area contributed by atoms with Gasteiger partial charge in [-0.15, -0.1) is 24.0 Å². The maximum absolute atomic E-state index is 11.9. The fraction of sp³-hybridized carbons (Fsp3) is 0.588. The van der Waals surface area contributed by atoms with Gasteiger partial charge in [0.15, 0.2) is 5.96 Å². The molecule has 1 aromatic rings. The summed E-state index contributed by atoms with van der Waals surface area (Å²) in [4.78, 5) is 22.8. The molecule has 6 nitrogen and oxygen atoms in total. The van der Waals surface area contributed by atoms with E-state index in [2.05, 4.69) is 39.4 Å². The van der Waals surface area contributed by atoms with Crippen molar-refractivity contribution in [3.63, 3.8) is 0 Å². The number of guanidine groups is 1. The molecule has 1 aliphatic heterocycles. The molecule has 1 aromatic heterocycles. The monoisotopic (exact) mass is 445 g/mol. The van der Waals surface area contributed by atoms with Gasteiger partial charge in [0.05, 0.1) is 12.1 Å². The second-order valence-corrected chi connectivity index (χ2v) is 5.93. The van der Waals surface area contributed by atoms with Gasteiger partial charge in [-0.05, 0) is 37.8 Å². The van der Waals surface area contributed by atoms with Crippen molar-refractivity contribution < 1.29 is 4.79 Å². The molecule has 2 N–H and O–H groups in total. The summed E-state index contributed by atoms with van der Waals surface area (Å²) in [6, 6.07) is 3.51. The third kappa shape index (κ3) is 6.62. The molecule has 1 saturated heterocycles. The molecular formula is C17H28IN5O. The third-order valence-electron chi connectivity index (χ3n) is 3.87. The molecular weight excluding hydrogens is 417 g/mol. The van der Waals surface area contributed by atoms with Crippen LogP contribution < -0.4 is 10.6 Å². The van der Waals surface area contributed by atoms with Gasteiger partial charge in [-0.25, -0.2) is 0 Å². The topological polar surface area (TPSA) is 69.6 Å². The minimum atomic E-state index is -0.107. The second-order valence-electron chi connectivity index (χ2n) is 5.93. The van der Waals surface area contributed by atoms with Gasteiger partial charge in [0.2, 0.25) is 0 Å². The Labute approximate surface area is 161 Å². The van der Waals surface area contributed by atoms with E-state index < -0.39 is 0 Å². The zero-order valence-corrected chi connectivity index (χ0v) is 16.8. The standard InChI is InChI=1S/C17H27N5O.HI/c1-3-19-17(22-11-5-6-14(2)13-22)21-10-9-20-16(23)15-7-4-8-18-12-15;/h4,7-8,12,14H,3,5-6,9-11,13H2,1-2H3,(H,19,21)(H,20,23);1H. The number of carbonyl (C=O) groups is 1. The van der Waals surface area contributed by atoms with E-state index in [1.807, 2.05) is 0 Å². The number of rotatable bonds is 5. The molecule has 0 aliphatic carbocycles. The van der Waals surface area contributed by atoms with Crippen LogP contribution in [0.4, 0.5) is 0 Å². The van der Waals surface area contributed by atoms with Crippen LogP contribution >= 0.6 is 24.0 Å². The number of nitrogens with zero attached hydrogens (tertiary/aromatic N) is 3. The van der Waals surface area contributed by atoms with Crippen LogP contribution in [-0.2, 0) is 0 Å². The summed E-state index contributed by atoms with van der Waals surface area (Å²) in [5, 5.41) is 6.22. The summed E-state index contributed by atoms with van der Waals surface area (Å²) in [6.07, 6.45) is 5.72. The number of nitrogens with one attached hydrogen (secondary N) is 2. The molecule has 1 aliphatic rings. The lowest BCUT2D eigenvalue weighted by Crippen LogP contribution is -2.46. The summed E-state index contributed by atoms with van der Waals surface area (Å²) in [5.74, 6) is 1.55. The highest BCUT2D eigenvalue weighted by molar-refractivity contribution is 14.0. The summed E-state index contributed by atoms with van der Waals surface area (Å²) >= 11 is 0. The van der Waals surface area contributed by atoms with Gasteiger partial charge < -0.3 is 15.5 Å². The quantitative estimate of drug-likeness (QED) is 0.316. The number of hydrogen-bond donors (Lipinski definition) is 2. The molecule has 0 bridgehead atoms. The van der Waals surface area contributed by atoms with Crippen molar-refractivity contribution in [2.24, 2.45) is 10.9 Å². The Hall–Kier alpha value is -1.38. The number of piperidine rings is 1. The van der Waals surface area contributed by atoms with Gasteiger partial charge in [0.1, 0.15) is 0 Å². The van der Waals surface area contributed by atoms with Gasteiger partial charge in [0, 0.05) is 38.6 Å². The minimum Gasteiger partial charge on any atom is -0.357 e. The summed E-state index contributed by atoms with van der Waals surface area (Å²) < 4.78 is 0. The molecule has 0 saturated carbocycles. The van der Waals surface area contributed by atoms with Crippen molar-refractivity contribution in [2.75, 3.05) is 32.7 Å². The van der Waals surface area contributed by atoms with E-state index in [4.69, 9.17) is 0 Å². The first-order chi connectivity index (χ1) is 11.2. The lowest BCUT2D eigenvalue weighted by atomic mass is 10.0. The Kier molecular flexibility index (Phi) is 9.66. The highest BCUT2D eigenvalue weighted by Crippen LogP contribution is 2.15. The number of hydrogen-bond acceptors (Lipinski definition) is 3. The van der Waals surface area contributed by atoms with E-state index in [1.165, 1.54) is 12.8 Å². The van der Waals surface area contributed by atoms with Gasteiger partial charge in [-0.3, -0.25) is 14.8 Å². The fourth-order valence-electron chi connectivity index (χ4n) is 2.74. The van der Waals surface area contributed by atoms with Gasteiger partial charge in [0.25, 0.3) is 5.91 Å². The Bertz CT molecular complexity index is 523. The van der Waals surface area contributed by atoms with Crippen LogP contribution in [-0.4, -0.2) is 54.5 Å². The van der Waals surface area contributed by atoms with Gasteiger partial charge in [-0.1, -0.05) is 6.92 Å². The Morgan fingerprint density at radius 3 is 2.96 bits per heavy atom. The number of pyridine rings is 1. The van der Waals surface area contributed by atoms with Crippen molar-refractivity contribution >= 4 is 35.8 Å². The van der Waals surface area contributed by atoms with E-state index in [9.17, 15) is 4.79 Å². The predicted molar refractivity (Wildman–Crippen MR) is 108 cm³/mol. The maximum Gasteiger partial charge on any atom is 0.252 e. The Morgan fingerprint density at radius 2 is 2.29 bits per heavy atom. The molecule has 1 atom stereocenters. The second kappa shape index (κ2) is 11.2. The Morgan fingerprint density at radius 1 is 1.46 bits per heavy atom. The van der Waals surface area contributed by atoms with Crippen molar-refractivity contribution in [3.05, 3.63) is 30.1 Å². The average molecular weight is 445 g/mol. The first-order valence-corrected chi connectivity index (χ1v) is 8.42. The lowest BCUT2D eigenvalue weighted by Gasteiger charge is -2.33. The maximum atomic E-state index is 11.9. The zero-order chi connectivity index (χ0) is 16.5. The van der Waals surface area contributed by atoms with Crippen LogP contribution in [0.15, 0.2) is 29.5 Å². The van der Waals surface area contributed by atoms with Crippen molar-refractivity contribution in [1.29, 1.82) is 0 Å². The zero-order valence-electron chi connectivity index (χ0n) is 14.5. The molecule has 1 unspecified atom stereocenters. The predicted octanol–water partition coefficient (Wildman–Crippen LogP) is 2.13. The number of halogens is 1. The molecule has 24 heavy (non-hydrogen) atoms. The largest absolute Gasteiger partial charge is 0.357 e. The normalized spacial score (nSPS) is 17.8. The number of aromatic nitrogens is 1. The SMILES string of the molecule is CCNC(=NCCNC(=O)c1cccnc1)N1CCCC(C)C1.I. The van der Waals surface area contributed by atoms with E-state index >= 15 is 0 Å². The van der Waals surface area contributed by atoms with E-state index in [1.54, 1.807) is 24.5 Å². The lowest BCUT2D eigenvalue weighted by molar-refractivity contribution is 0.0954. The molecule has 0 aromatic carbocycles. The summed E-state index contributed by atoms with van der Waals surface area (Å²) in [5.41, 5.74) is 0.577. The van der Waals surface area contributed by atoms with Gasteiger partial charge >= 0.3 is 0 Å². The van der Waals surface area contributed by atoms with Crippen LogP contribution in [0, 0.1) is 5.92 Å². The molecule has 1 amide bonds. The number of carbonyl (C=O) groups excluding carboxylic acids is 1. The van der Waals surface area contributed by atoms with Crippen LogP contribution in [0.5, 0.6) is 0 Å². The van der Waals surface area contributed by atoms with Crippen LogP contribution in [0.1, 0.15) is 37.0 Å². The van der Waals surface area contributed by atoms with Gasteiger partial charge in [-0.2, -0.15) is 0 Å². The molecule has 2 rings (SSSR count). The van der Waals surface area contributed by atoms with Crippen LogP contribution in [0.2, 0.25) is 0 Å². The first kappa shape index (κ1) is 20.7. The summed E-state index contributed by atoms with van der Waals surface area (Å²) in [7, 11) is 0. The highest BCUT2D eigenvalue weighted by Gasteiger charge is 2.18. The van der Waals surface area contributed by atoms with E-state index in [0.29, 0.717) is 24.6 Å². The Balaban J connectivity index is 0.00000288. The third-order valence-corrected chi connectivity index (χ3v) is 3.87. The molecule has 1 fully saturated rings. The minimum absolute atomic E-state index is 0.